The monoisotopic (exact) mass is 436 g/mol. The third-order valence-corrected chi connectivity index (χ3v) is 4.23. The van der Waals surface area contributed by atoms with Crippen LogP contribution in [0.3, 0.4) is 0 Å². The summed E-state index contributed by atoms with van der Waals surface area (Å²) in [6, 6.07) is 15.9. The van der Waals surface area contributed by atoms with Crippen molar-refractivity contribution in [1.29, 1.82) is 0 Å². The number of benzene rings is 3. The summed E-state index contributed by atoms with van der Waals surface area (Å²) in [5, 5.41) is 35.1. The van der Waals surface area contributed by atoms with E-state index in [1.54, 1.807) is 36.4 Å². The number of amides is 1. The molecule has 0 radical (unpaired) electrons. The molecule has 0 aliphatic carbocycles. The van der Waals surface area contributed by atoms with Gasteiger partial charge in [-0.15, -0.1) is 0 Å². The van der Waals surface area contributed by atoms with Gasteiger partial charge in [0, 0.05) is 24.3 Å². The van der Waals surface area contributed by atoms with Gasteiger partial charge in [0.15, 0.2) is 0 Å². The highest BCUT2D eigenvalue weighted by Gasteiger charge is 2.16. The fourth-order valence-corrected chi connectivity index (χ4v) is 2.61. The molecule has 0 fully saturated rings. The second-order valence-corrected chi connectivity index (χ2v) is 6.44. The smallest absolute Gasteiger partial charge is 0.275 e. The number of aromatic hydroxyl groups is 1. The van der Waals surface area contributed by atoms with Gasteiger partial charge in [-0.1, -0.05) is 12.1 Å². The molecule has 11 heteroatoms. The Labute approximate surface area is 180 Å². The Hall–Kier alpha value is -4.80. The van der Waals surface area contributed by atoms with Crippen molar-refractivity contribution in [1.82, 2.24) is 5.43 Å². The Morgan fingerprint density at radius 1 is 1.00 bits per heavy atom. The highest BCUT2D eigenvalue weighted by atomic mass is 16.6. The van der Waals surface area contributed by atoms with Crippen molar-refractivity contribution in [2.75, 3.05) is 0 Å². The minimum absolute atomic E-state index is 0.00701. The Bertz CT molecular complexity index is 1190. The topological polar surface area (TPSA) is 157 Å². The summed E-state index contributed by atoms with van der Waals surface area (Å²) in [4.78, 5) is 32.5. The molecule has 0 aromatic heterocycles. The fraction of sp³-hybridized carbons (Fsp3) is 0.0476. The van der Waals surface area contributed by atoms with Gasteiger partial charge in [0.05, 0.1) is 21.6 Å². The Balaban J connectivity index is 1.60. The number of rotatable bonds is 8. The van der Waals surface area contributed by atoms with Crippen LogP contribution in [0.2, 0.25) is 0 Å². The Morgan fingerprint density at radius 2 is 1.69 bits per heavy atom. The number of nitrogens with one attached hydrogen (secondary N) is 1. The number of ether oxygens (including phenoxy) is 1. The van der Waals surface area contributed by atoms with Crippen LogP contribution in [0.1, 0.15) is 21.5 Å². The highest BCUT2D eigenvalue weighted by molar-refractivity contribution is 5.98. The van der Waals surface area contributed by atoms with E-state index in [1.165, 1.54) is 18.3 Å². The standard InChI is InChI=1S/C21H16N4O7/c26-20-9-8-17(25(30)31)11-19(20)21(27)23-22-12-15-2-1-3-18(10-15)32-13-14-4-6-16(7-5-14)24(28)29/h1-12,26H,13H2,(H,23,27)/b22-12+. The van der Waals surface area contributed by atoms with Crippen LogP contribution >= 0.6 is 0 Å². The zero-order valence-corrected chi connectivity index (χ0v) is 16.4. The van der Waals surface area contributed by atoms with Gasteiger partial charge in [0.2, 0.25) is 0 Å². The highest BCUT2D eigenvalue weighted by Crippen LogP contribution is 2.22. The van der Waals surface area contributed by atoms with Gasteiger partial charge in [-0.3, -0.25) is 25.0 Å². The molecule has 162 valence electrons. The minimum atomic E-state index is -0.812. The molecule has 32 heavy (non-hydrogen) atoms. The van der Waals surface area contributed by atoms with Crippen molar-refractivity contribution >= 4 is 23.5 Å². The van der Waals surface area contributed by atoms with Gasteiger partial charge < -0.3 is 9.84 Å². The first kappa shape index (κ1) is 21.9. The van der Waals surface area contributed by atoms with E-state index >= 15 is 0 Å². The average molecular weight is 436 g/mol. The van der Waals surface area contributed by atoms with E-state index in [0.717, 1.165) is 23.8 Å². The molecule has 2 N–H and O–H groups in total. The normalized spacial score (nSPS) is 10.6. The molecule has 3 rings (SSSR count). The van der Waals surface area contributed by atoms with Gasteiger partial charge in [0.1, 0.15) is 18.1 Å². The maximum Gasteiger partial charge on any atom is 0.275 e. The second-order valence-electron chi connectivity index (χ2n) is 6.44. The molecule has 0 spiro atoms. The minimum Gasteiger partial charge on any atom is -0.507 e. The lowest BCUT2D eigenvalue weighted by Crippen LogP contribution is -2.18. The maximum absolute atomic E-state index is 12.1. The van der Waals surface area contributed by atoms with E-state index < -0.39 is 21.5 Å². The van der Waals surface area contributed by atoms with Gasteiger partial charge >= 0.3 is 0 Å². The number of nitro groups is 2. The third kappa shape index (κ3) is 5.63. The summed E-state index contributed by atoms with van der Waals surface area (Å²) >= 11 is 0. The van der Waals surface area contributed by atoms with E-state index in [-0.39, 0.29) is 23.5 Å². The number of hydrogen-bond donors (Lipinski definition) is 2. The number of carbonyl (C=O) groups is 1. The molecular weight excluding hydrogens is 420 g/mol. The molecular formula is C21H16N4O7. The van der Waals surface area contributed by atoms with E-state index in [1.807, 2.05) is 0 Å². The van der Waals surface area contributed by atoms with Crippen LogP contribution in [-0.2, 0) is 6.61 Å². The summed E-state index contributed by atoms with van der Waals surface area (Å²) in [7, 11) is 0. The lowest BCUT2D eigenvalue weighted by atomic mass is 10.1. The van der Waals surface area contributed by atoms with Crippen molar-refractivity contribution in [3.8, 4) is 11.5 Å². The van der Waals surface area contributed by atoms with Crippen LogP contribution in [0.5, 0.6) is 11.5 Å². The first-order chi connectivity index (χ1) is 15.3. The molecule has 0 aliphatic heterocycles. The van der Waals surface area contributed by atoms with E-state index in [2.05, 4.69) is 10.5 Å². The number of phenols is 1. The zero-order chi connectivity index (χ0) is 23.1. The first-order valence-electron chi connectivity index (χ1n) is 9.10. The van der Waals surface area contributed by atoms with Crippen LogP contribution in [0, 0.1) is 20.2 Å². The number of non-ortho nitro benzene ring substituents is 2. The summed E-state index contributed by atoms with van der Waals surface area (Å²) in [5.74, 6) is -0.715. The average Bonchev–Trinajstić information content (AvgIpc) is 2.78. The lowest BCUT2D eigenvalue weighted by Gasteiger charge is -2.07. The largest absolute Gasteiger partial charge is 0.507 e. The third-order valence-electron chi connectivity index (χ3n) is 4.23. The van der Waals surface area contributed by atoms with Crippen LogP contribution in [0.15, 0.2) is 71.8 Å². The molecule has 3 aromatic carbocycles. The number of nitro benzene ring substituents is 2. The van der Waals surface area contributed by atoms with Crippen LogP contribution in [-0.4, -0.2) is 27.1 Å². The predicted octanol–water partition coefficient (Wildman–Crippen LogP) is 3.55. The van der Waals surface area contributed by atoms with Crippen molar-refractivity contribution < 1.29 is 24.5 Å². The second kappa shape index (κ2) is 9.80. The predicted molar refractivity (Wildman–Crippen MR) is 114 cm³/mol. The number of carbonyl (C=O) groups excluding carboxylic acids is 1. The van der Waals surface area contributed by atoms with Crippen LogP contribution in [0.25, 0.3) is 0 Å². The van der Waals surface area contributed by atoms with E-state index in [9.17, 15) is 30.1 Å². The molecule has 0 bridgehead atoms. The van der Waals surface area contributed by atoms with Crippen LogP contribution in [0.4, 0.5) is 11.4 Å². The summed E-state index contributed by atoms with van der Waals surface area (Å²) in [6.45, 7) is 0.196. The van der Waals surface area contributed by atoms with Gasteiger partial charge in [-0.2, -0.15) is 5.10 Å². The maximum atomic E-state index is 12.1. The summed E-state index contributed by atoms with van der Waals surface area (Å²) in [6.07, 6.45) is 1.34. The Morgan fingerprint density at radius 3 is 2.38 bits per heavy atom. The van der Waals surface area contributed by atoms with Crippen LogP contribution < -0.4 is 10.2 Å². The number of phenolic OH excluding ortho intramolecular Hbond substituents is 1. The first-order valence-corrected chi connectivity index (χ1v) is 9.10. The van der Waals surface area contributed by atoms with E-state index in [0.29, 0.717) is 11.3 Å². The van der Waals surface area contributed by atoms with Gasteiger partial charge in [-0.25, -0.2) is 5.43 Å². The SMILES string of the molecule is O=C(N/N=C/c1cccc(OCc2ccc([N+](=O)[O-])cc2)c1)c1cc([N+](=O)[O-])ccc1O. The number of hydrazone groups is 1. The van der Waals surface area contributed by atoms with Gasteiger partial charge in [-0.05, 0) is 41.5 Å². The molecule has 1 amide bonds. The number of hydrogen-bond acceptors (Lipinski definition) is 8. The van der Waals surface area contributed by atoms with Crippen molar-refractivity contribution in [2.24, 2.45) is 5.10 Å². The molecule has 0 heterocycles. The number of nitrogens with zero attached hydrogens (tertiary/aromatic N) is 3. The van der Waals surface area contributed by atoms with Gasteiger partial charge in [0.25, 0.3) is 17.3 Å². The van der Waals surface area contributed by atoms with E-state index in [4.69, 9.17) is 4.74 Å². The molecule has 0 unspecified atom stereocenters. The Kier molecular flexibility index (Phi) is 6.71. The lowest BCUT2D eigenvalue weighted by molar-refractivity contribution is -0.385. The zero-order valence-electron chi connectivity index (χ0n) is 16.4. The molecule has 0 atom stereocenters. The summed E-state index contributed by atoms with van der Waals surface area (Å²) < 4.78 is 5.67. The molecule has 0 saturated carbocycles. The summed E-state index contributed by atoms with van der Waals surface area (Å²) in [5.41, 5.74) is 2.91. The van der Waals surface area contributed by atoms with Crippen molar-refractivity contribution in [2.45, 2.75) is 6.61 Å². The van der Waals surface area contributed by atoms with Crippen molar-refractivity contribution in [3.63, 3.8) is 0 Å². The quantitative estimate of drug-likeness (QED) is 0.310. The fourth-order valence-electron chi connectivity index (χ4n) is 2.61. The molecule has 11 nitrogen and oxygen atoms in total. The molecule has 0 aliphatic rings. The molecule has 3 aromatic rings. The van der Waals surface area contributed by atoms with Crippen molar-refractivity contribution in [3.05, 3.63) is 104 Å². The molecule has 0 saturated heterocycles.